The molecule has 0 radical (unpaired) electrons. The molecule has 2 aromatic rings. The van der Waals surface area contributed by atoms with Crippen LogP contribution in [0, 0.1) is 94.3 Å². The molecule has 0 amide bonds. The van der Waals surface area contributed by atoms with Gasteiger partial charge in [0.25, 0.3) is 0 Å². The summed E-state index contributed by atoms with van der Waals surface area (Å²) in [7, 11) is -11.2. The summed E-state index contributed by atoms with van der Waals surface area (Å²) in [6.45, 7) is 0. The van der Waals surface area contributed by atoms with E-state index in [2.05, 4.69) is 12.1 Å². The van der Waals surface area contributed by atoms with Crippen molar-refractivity contribution >= 4 is 20.2 Å². The highest BCUT2D eigenvalue weighted by Crippen LogP contribution is 2.66. The molecule has 0 heterocycles. The number of hydrogen-bond donors (Lipinski definition) is 0. The van der Waals surface area contributed by atoms with Gasteiger partial charge in [0.15, 0.2) is 11.6 Å². The van der Waals surface area contributed by atoms with Crippen LogP contribution in [0.1, 0.15) is 131 Å². The molecule has 54 heavy (non-hydrogen) atoms. The van der Waals surface area contributed by atoms with Crippen LogP contribution in [0.3, 0.4) is 0 Å². The SMILES string of the molecule is O=S(=O)([O-])c1c(F)c(F)c(OS(=O)(=O)c2c(C3C4CC5CC(C4)CC3C5)cc(C3C4CC5CC(C4)CC3C5)cc2C2C3CC4CC(C3)CC2C4)c(F)c1F. The third kappa shape index (κ3) is 5.22. The summed E-state index contributed by atoms with van der Waals surface area (Å²) in [5.74, 6) is -5.59. The van der Waals surface area contributed by atoms with Crippen LogP contribution in [-0.2, 0) is 20.2 Å². The molecule has 292 valence electrons. The number of hydrogen-bond acceptors (Lipinski definition) is 6. The van der Waals surface area contributed by atoms with Crippen molar-refractivity contribution in [3.05, 3.63) is 52.1 Å². The summed E-state index contributed by atoms with van der Waals surface area (Å²) < 4.78 is 132. The molecule has 12 aliphatic rings. The van der Waals surface area contributed by atoms with E-state index in [0.29, 0.717) is 52.6 Å². The fraction of sp³-hybridized carbons (Fsp3) is 0.714. The molecule has 12 heteroatoms. The predicted molar refractivity (Wildman–Crippen MR) is 188 cm³/mol. The highest BCUT2D eigenvalue weighted by atomic mass is 32.2. The third-order valence-corrected chi connectivity index (χ3v) is 19.0. The fourth-order valence-electron chi connectivity index (χ4n) is 16.0. The van der Waals surface area contributed by atoms with Crippen molar-refractivity contribution in [1.82, 2.24) is 0 Å². The lowest BCUT2D eigenvalue weighted by molar-refractivity contribution is -0.00867. The zero-order valence-corrected chi connectivity index (χ0v) is 31.8. The Labute approximate surface area is 315 Å². The Morgan fingerprint density at radius 2 is 0.778 bits per heavy atom. The van der Waals surface area contributed by atoms with E-state index in [1.807, 2.05) is 0 Å². The first kappa shape index (κ1) is 35.0. The van der Waals surface area contributed by atoms with Gasteiger partial charge in [-0.25, -0.2) is 17.2 Å². The molecule has 12 aliphatic carbocycles. The highest BCUT2D eigenvalue weighted by Gasteiger charge is 2.55. The number of halogens is 4. The van der Waals surface area contributed by atoms with Crippen LogP contribution in [0.4, 0.5) is 17.6 Å². The summed E-state index contributed by atoms with van der Waals surface area (Å²) in [6, 6.07) is 4.24. The molecule has 12 saturated carbocycles. The van der Waals surface area contributed by atoms with Crippen molar-refractivity contribution in [2.75, 3.05) is 0 Å². The average molecular weight is 788 g/mol. The second-order valence-corrected chi connectivity index (χ2v) is 22.6. The Kier molecular flexibility index (Phi) is 7.74. The Morgan fingerprint density at radius 3 is 1.09 bits per heavy atom. The van der Waals surface area contributed by atoms with Crippen LogP contribution in [0.2, 0.25) is 0 Å². The normalized spacial score (nSPS) is 42.6. The van der Waals surface area contributed by atoms with Gasteiger partial charge in [-0.3, -0.25) is 0 Å². The maximum Gasteiger partial charge on any atom is 0.339 e. The Hall–Kier alpha value is -2.18. The zero-order chi connectivity index (χ0) is 37.2. The van der Waals surface area contributed by atoms with Gasteiger partial charge in [0, 0.05) is 0 Å². The molecule has 12 fully saturated rings. The molecule has 0 N–H and O–H groups in total. The first-order valence-corrected chi connectivity index (χ1v) is 23.5. The van der Waals surface area contributed by atoms with Crippen molar-refractivity contribution in [3.8, 4) is 5.75 Å². The first-order valence-electron chi connectivity index (χ1n) is 20.6. The average Bonchev–Trinajstić information content (AvgIpc) is 3.07. The van der Waals surface area contributed by atoms with E-state index in [1.165, 1.54) is 50.5 Å². The van der Waals surface area contributed by atoms with Gasteiger partial charge < -0.3 is 8.74 Å². The predicted octanol–water partition coefficient (Wildman–Crippen LogP) is 9.53. The summed E-state index contributed by atoms with van der Waals surface area (Å²) >= 11 is 0. The van der Waals surface area contributed by atoms with Gasteiger partial charge in [-0.1, -0.05) is 12.1 Å². The van der Waals surface area contributed by atoms with Gasteiger partial charge in [0.1, 0.15) is 19.9 Å². The molecule has 0 atom stereocenters. The minimum Gasteiger partial charge on any atom is -0.744 e. The summed E-state index contributed by atoms with van der Waals surface area (Å²) in [4.78, 5) is -2.43. The maximum absolute atomic E-state index is 15.6. The minimum atomic E-state index is -5.99. The van der Waals surface area contributed by atoms with Gasteiger partial charge in [-0.15, -0.1) is 0 Å². The van der Waals surface area contributed by atoms with Crippen molar-refractivity contribution in [3.63, 3.8) is 0 Å². The topological polar surface area (TPSA) is 101 Å². The first-order chi connectivity index (χ1) is 25.7. The molecule has 14 rings (SSSR count). The van der Waals surface area contributed by atoms with Gasteiger partial charge in [0.05, 0.1) is 0 Å². The van der Waals surface area contributed by atoms with Crippen molar-refractivity contribution < 1.29 is 43.1 Å². The summed E-state index contributed by atoms with van der Waals surface area (Å²) in [5, 5.41) is 0. The van der Waals surface area contributed by atoms with Crippen LogP contribution in [0.25, 0.3) is 0 Å². The smallest absolute Gasteiger partial charge is 0.339 e. The van der Waals surface area contributed by atoms with E-state index >= 15 is 26.0 Å². The Bertz CT molecular complexity index is 1990. The molecular weight excluding hydrogens is 741 g/mol. The van der Waals surface area contributed by atoms with Crippen molar-refractivity contribution in [1.29, 1.82) is 0 Å². The maximum atomic E-state index is 15.6. The second-order valence-electron chi connectivity index (χ2n) is 19.8. The van der Waals surface area contributed by atoms with Crippen LogP contribution in [0.15, 0.2) is 21.9 Å². The van der Waals surface area contributed by atoms with Crippen LogP contribution in [-0.4, -0.2) is 21.4 Å². The summed E-state index contributed by atoms with van der Waals surface area (Å²) in [6.07, 6.45) is 16.4. The van der Waals surface area contributed by atoms with Gasteiger partial charge in [0.2, 0.25) is 17.4 Å². The monoisotopic (exact) mass is 787 g/mol. The third-order valence-electron chi connectivity index (χ3n) is 16.8. The molecule has 0 unspecified atom stereocenters. The van der Waals surface area contributed by atoms with Crippen LogP contribution >= 0.6 is 0 Å². The fourth-order valence-corrected chi connectivity index (χ4v) is 18.1. The zero-order valence-electron chi connectivity index (χ0n) is 30.2. The Morgan fingerprint density at radius 1 is 0.463 bits per heavy atom. The largest absolute Gasteiger partial charge is 0.744 e. The van der Waals surface area contributed by atoms with E-state index < -0.39 is 54.2 Å². The Balaban J connectivity index is 1.13. The number of benzene rings is 2. The van der Waals surface area contributed by atoms with Gasteiger partial charge >= 0.3 is 10.1 Å². The molecule has 0 spiro atoms. The lowest BCUT2D eigenvalue weighted by Crippen LogP contribution is -2.46. The van der Waals surface area contributed by atoms with E-state index in [9.17, 15) is 13.0 Å². The minimum absolute atomic E-state index is 0.0925. The molecule has 0 aliphatic heterocycles. The lowest BCUT2D eigenvalue weighted by Gasteiger charge is -2.57. The molecule has 6 nitrogen and oxygen atoms in total. The van der Waals surface area contributed by atoms with E-state index in [-0.39, 0.29) is 40.4 Å². The van der Waals surface area contributed by atoms with Gasteiger partial charge in [-0.2, -0.15) is 17.2 Å². The van der Waals surface area contributed by atoms with Crippen LogP contribution < -0.4 is 4.18 Å². The van der Waals surface area contributed by atoms with Gasteiger partial charge in [-0.05, 0) is 202 Å². The summed E-state index contributed by atoms with van der Waals surface area (Å²) in [5.41, 5.74) is 2.49. The second kappa shape index (κ2) is 11.9. The van der Waals surface area contributed by atoms with Crippen molar-refractivity contribution in [2.24, 2.45) is 71.0 Å². The molecule has 2 aromatic carbocycles. The molecule has 0 aromatic heterocycles. The van der Waals surface area contributed by atoms with Crippen LogP contribution in [0.5, 0.6) is 5.75 Å². The van der Waals surface area contributed by atoms with Crippen molar-refractivity contribution in [2.45, 2.75) is 124 Å². The molecule has 0 saturated heterocycles. The van der Waals surface area contributed by atoms with E-state index in [0.717, 1.165) is 63.2 Å². The lowest BCUT2D eigenvalue weighted by atomic mass is 9.48. The molecule has 12 bridgehead atoms. The quantitative estimate of drug-likeness (QED) is 0.120. The highest BCUT2D eigenvalue weighted by molar-refractivity contribution is 7.87. The molecular formula is C42H47F4O6S2-. The number of rotatable bonds is 7. The standard InChI is InChI=1S/C42H48F4O6S2/c43-36-38(45)42(53(47,48)49)39(46)37(44)40(36)52-54(50,51)41-31(34-26-8-20-2-21(10-26)11-27(34)9-20)16-30(33-24-4-18-1-19(6-24)7-25(33)5-18)17-32(41)35-28-12-22-3-23(14-28)15-29(35)13-22/h16-29,33-35H,1-15H2,(H,47,48,49)/p-1. The van der Waals surface area contributed by atoms with E-state index in [4.69, 9.17) is 4.18 Å². The van der Waals surface area contributed by atoms with E-state index in [1.54, 1.807) is 0 Å².